The molecule has 3 heterocycles. The van der Waals surface area contributed by atoms with Gasteiger partial charge in [-0.15, -0.1) is 0 Å². The Labute approximate surface area is 190 Å². The molecule has 3 N–H and O–H groups in total. The summed E-state index contributed by atoms with van der Waals surface area (Å²) in [6.45, 7) is 5.33. The quantitative estimate of drug-likeness (QED) is 0.406. The number of hydrogen-bond acceptors (Lipinski definition) is 4. The second-order valence-corrected chi connectivity index (χ2v) is 8.42. The zero-order valence-corrected chi connectivity index (χ0v) is 18.1. The molecule has 1 aliphatic rings. The van der Waals surface area contributed by atoms with Crippen LogP contribution in [0.15, 0.2) is 30.6 Å². The van der Waals surface area contributed by atoms with Gasteiger partial charge in [-0.25, -0.2) is 18.6 Å². The summed E-state index contributed by atoms with van der Waals surface area (Å²) in [4.78, 5) is 18.3. The van der Waals surface area contributed by atoms with Crippen molar-refractivity contribution in [3.8, 4) is 11.5 Å². The van der Waals surface area contributed by atoms with Crippen LogP contribution in [0.4, 0.5) is 32.4 Å². The van der Waals surface area contributed by atoms with Gasteiger partial charge in [0.25, 0.3) is 0 Å². The van der Waals surface area contributed by atoms with Gasteiger partial charge in [-0.1, -0.05) is 13.8 Å². The molecule has 34 heavy (non-hydrogen) atoms. The van der Waals surface area contributed by atoms with Crippen LogP contribution in [0.5, 0.6) is 11.5 Å². The van der Waals surface area contributed by atoms with Crippen LogP contribution in [-0.4, -0.2) is 35.8 Å². The lowest BCUT2D eigenvalue weighted by Crippen LogP contribution is -2.54. The Balaban J connectivity index is 1.52. The molecule has 0 saturated carbocycles. The van der Waals surface area contributed by atoms with Crippen LogP contribution >= 0.6 is 0 Å². The number of halogens is 5. The second kappa shape index (κ2) is 8.75. The number of hydrogen-bond donors (Lipinski definition) is 3. The van der Waals surface area contributed by atoms with E-state index in [2.05, 4.69) is 20.6 Å². The molecule has 0 radical (unpaired) electrons. The maximum atomic E-state index is 14.7. The molecule has 2 aromatic heterocycles. The Morgan fingerprint density at radius 2 is 1.94 bits per heavy atom. The molecule has 0 atom stereocenters. The number of H-pyrrole nitrogens is 1. The van der Waals surface area contributed by atoms with Crippen LogP contribution in [0.25, 0.3) is 11.0 Å². The van der Waals surface area contributed by atoms with Crippen molar-refractivity contribution in [2.75, 3.05) is 25.1 Å². The fraction of sp³-hybridized carbons (Fsp3) is 0.364. The van der Waals surface area contributed by atoms with Crippen molar-refractivity contribution in [2.24, 2.45) is 11.3 Å². The first-order chi connectivity index (χ1) is 16.0. The molecule has 2 amide bonds. The highest BCUT2D eigenvalue weighted by Gasteiger charge is 2.41. The van der Waals surface area contributed by atoms with Crippen LogP contribution in [0.1, 0.15) is 19.4 Å². The minimum atomic E-state index is -4.74. The number of aromatic amines is 1. The average molecular weight is 484 g/mol. The number of alkyl halides is 3. The molecule has 182 valence electrons. The number of carbonyl (C=O) groups is 1. The van der Waals surface area contributed by atoms with Crippen LogP contribution in [-0.2, 0) is 10.9 Å². The summed E-state index contributed by atoms with van der Waals surface area (Å²) in [5.74, 6) is -3.52. The van der Waals surface area contributed by atoms with Crippen LogP contribution in [0.3, 0.4) is 0 Å². The zero-order chi connectivity index (χ0) is 24.7. The monoisotopic (exact) mass is 484 g/mol. The molecule has 7 nitrogen and oxygen atoms in total. The SMILES string of the molecule is CC(C)C1(CNC(=O)Nc2cc(F)c(Oc3ccnc4[nH]cc(C(F)(F)F)c34)c(F)c2)COC1. The number of carbonyl (C=O) groups excluding carboxylic acids is 1. The zero-order valence-electron chi connectivity index (χ0n) is 18.1. The highest BCUT2D eigenvalue weighted by Crippen LogP contribution is 2.41. The molecule has 1 saturated heterocycles. The minimum Gasteiger partial charge on any atom is -0.450 e. The number of amides is 2. The van der Waals surface area contributed by atoms with Crippen LogP contribution in [0.2, 0.25) is 0 Å². The van der Waals surface area contributed by atoms with E-state index < -0.39 is 46.3 Å². The number of pyridine rings is 1. The summed E-state index contributed by atoms with van der Waals surface area (Å²) in [5, 5.41) is 4.54. The molecule has 3 aromatic rings. The van der Waals surface area contributed by atoms with Crippen LogP contribution < -0.4 is 15.4 Å². The molecule has 12 heteroatoms. The predicted molar refractivity (Wildman–Crippen MR) is 113 cm³/mol. The van der Waals surface area contributed by atoms with E-state index in [1.54, 1.807) is 0 Å². The third kappa shape index (κ3) is 4.49. The van der Waals surface area contributed by atoms with Crippen LogP contribution in [0, 0.1) is 23.0 Å². The standard InChI is InChI=1S/C22H21F5N4O3/c1-11(2)21(9-33-10-21)8-30-20(32)31-12-5-14(23)18(15(24)6-12)34-16-3-4-28-19-17(16)13(7-29-19)22(25,26)27/h3-7,11H,8-10H2,1-2H3,(H,28,29)(H2,30,31,32). The fourth-order valence-electron chi connectivity index (χ4n) is 3.61. The second-order valence-electron chi connectivity index (χ2n) is 8.42. The topological polar surface area (TPSA) is 88.3 Å². The van der Waals surface area contributed by atoms with Gasteiger partial charge in [-0.05, 0) is 12.0 Å². The van der Waals surface area contributed by atoms with Crippen molar-refractivity contribution < 1.29 is 36.2 Å². The maximum Gasteiger partial charge on any atom is 0.418 e. The number of benzene rings is 1. The van der Waals surface area contributed by atoms with Crippen molar-refractivity contribution in [1.29, 1.82) is 0 Å². The predicted octanol–water partition coefficient (Wildman–Crippen LogP) is 5.45. The van der Waals surface area contributed by atoms with Crippen molar-refractivity contribution in [3.63, 3.8) is 0 Å². The number of nitrogens with zero attached hydrogens (tertiary/aromatic N) is 1. The highest BCUT2D eigenvalue weighted by molar-refractivity contribution is 5.89. The van der Waals surface area contributed by atoms with E-state index in [-0.39, 0.29) is 22.7 Å². The Bertz CT molecular complexity index is 1200. The third-order valence-electron chi connectivity index (χ3n) is 5.91. The Kier molecular flexibility index (Phi) is 6.11. The molecule has 0 bridgehead atoms. The van der Waals surface area contributed by atoms with Gasteiger partial charge < -0.3 is 25.1 Å². The van der Waals surface area contributed by atoms with Gasteiger partial charge in [0.15, 0.2) is 17.4 Å². The smallest absolute Gasteiger partial charge is 0.418 e. The van der Waals surface area contributed by atoms with Gasteiger partial charge >= 0.3 is 12.2 Å². The van der Waals surface area contributed by atoms with Crippen molar-refractivity contribution >= 4 is 22.8 Å². The summed E-state index contributed by atoms with van der Waals surface area (Å²) < 4.78 is 79.7. The molecule has 0 aliphatic carbocycles. The van der Waals surface area contributed by atoms with E-state index in [1.165, 1.54) is 0 Å². The molecular formula is C22H21F5N4O3. The first-order valence-corrected chi connectivity index (χ1v) is 10.3. The molecule has 4 rings (SSSR count). The summed E-state index contributed by atoms with van der Waals surface area (Å²) in [5.41, 5.74) is -1.63. The number of anilines is 1. The number of fused-ring (bicyclic) bond motifs is 1. The number of aromatic nitrogens is 2. The molecule has 1 aliphatic heterocycles. The summed E-state index contributed by atoms with van der Waals surface area (Å²) in [6, 6.07) is 2.02. The Hall–Kier alpha value is -3.41. The fourth-order valence-corrected chi connectivity index (χ4v) is 3.61. The van der Waals surface area contributed by atoms with E-state index in [0.29, 0.717) is 26.0 Å². The molecule has 1 aromatic carbocycles. The Morgan fingerprint density at radius 1 is 1.26 bits per heavy atom. The van der Waals surface area contributed by atoms with E-state index in [1.807, 2.05) is 13.8 Å². The molecular weight excluding hydrogens is 463 g/mol. The number of nitrogens with one attached hydrogen (secondary N) is 3. The molecule has 0 unspecified atom stereocenters. The van der Waals surface area contributed by atoms with Gasteiger partial charge in [-0.3, -0.25) is 0 Å². The van der Waals surface area contributed by atoms with Gasteiger partial charge in [0.2, 0.25) is 0 Å². The van der Waals surface area contributed by atoms with Crippen molar-refractivity contribution in [1.82, 2.24) is 15.3 Å². The summed E-state index contributed by atoms with van der Waals surface area (Å²) in [6.07, 6.45) is -2.90. The van der Waals surface area contributed by atoms with E-state index in [9.17, 15) is 26.7 Å². The van der Waals surface area contributed by atoms with Gasteiger partial charge in [0, 0.05) is 42.2 Å². The van der Waals surface area contributed by atoms with Gasteiger partial charge in [0.05, 0.1) is 24.2 Å². The lowest BCUT2D eigenvalue weighted by atomic mass is 9.75. The normalized spacial score (nSPS) is 15.3. The van der Waals surface area contributed by atoms with Gasteiger partial charge in [-0.2, -0.15) is 13.2 Å². The lowest BCUT2D eigenvalue weighted by Gasteiger charge is -2.44. The highest BCUT2D eigenvalue weighted by atomic mass is 19.4. The first-order valence-electron chi connectivity index (χ1n) is 10.3. The Morgan fingerprint density at radius 3 is 2.50 bits per heavy atom. The lowest BCUT2D eigenvalue weighted by molar-refractivity contribution is -0.136. The summed E-state index contributed by atoms with van der Waals surface area (Å²) in [7, 11) is 0. The number of ether oxygens (including phenoxy) is 2. The maximum absolute atomic E-state index is 14.7. The third-order valence-corrected chi connectivity index (χ3v) is 5.91. The van der Waals surface area contributed by atoms with Gasteiger partial charge in [0.1, 0.15) is 11.4 Å². The molecule has 1 fully saturated rings. The number of rotatable bonds is 6. The van der Waals surface area contributed by atoms with Crippen molar-refractivity contribution in [2.45, 2.75) is 20.0 Å². The van der Waals surface area contributed by atoms with E-state index >= 15 is 0 Å². The first kappa shape index (κ1) is 23.7. The van der Waals surface area contributed by atoms with E-state index in [4.69, 9.17) is 9.47 Å². The largest absolute Gasteiger partial charge is 0.450 e. The summed E-state index contributed by atoms with van der Waals surface area (Å²) >= 11 is 0. The van der Waals surface area contributed by atoms with E-state index in [0.717, 1.165) is 24.4 Å². The average Bonchev–Trinajstić information content (AvgIpc) is 3.15. The van der Waals surface area contributed by atoms with Crippen molar-refractivity contribution in [3.05, 3.63) is 47.8 Å². The number of urea groups is 1. The minimum absolute atomic E-state index is 0.156. The molecule has 0 spiro atoms.